The largest absolute Gasteiger partial charge is 0.444 e. The Hall–Kier alpha value is -0.810. The lowest BCUT2D eigenvalue weighted by molar-refractivity contribution is 0.0527. The fourth-order valence-electron chi connectivity index (χ4n) is 2.53. The van der Waals surface area contributed by atoms with Crippen molar-refractivity contribution in [3.63, 3.8) is 0 Å². The minimum absolute atomic E-state index is 0.325. The monoisotopic (exact) mass is 299 g/mol. The predicted octanol–water partition coefficient (Wildman–Crippen LogP) is 2.22. The average molecular weight is 299 g/mol. The molecule has 1 heterocycles. The lowest BCUT2D eigenvalue weighted by Gasteiger charge is -2.31. The zero-order valence-electron chi connectivity index (χ0n) is 14.2. The van der Waals surface area contributed by atoms with Crippen molar-refractivity contribution < 1.29 is 9.53 Å². The third-order valence-electron chi connectivity index (χ3n) is 3.79. The number of carbonyl (C=O) groups excluding carboxylic acids is 1. The van der Waals surface area contributed by atoms with E-state index in [2.05, 4.69) is 22.5 Å². The van der Waals surface area contributed by atoms with E-state index in [0.29, 0.717) is 6.54 Å². The molecular formula is C16H33N3O2. The fraction of sp³-hybridized carbons (Fsp3) is 0.938. The number of alkyl carbamates (subject to hydrolysis) is 1. The Morgan fingerprint density at radius 1 is 1.24 bits per heavy atom. The summed E-state index contributed by atoms with van der Waals surface area (Å²) in [7, 11) is 0. The van der Waals surface area contributed by atoms with Crippen molar-refractivity contribution >= 4 is 6.09 Å². The van der Waals surface area contributed by atoms with Crippen molar-refractivity contribution in [3.8, 4) is 0 Å². The first kappa shape index (κ1) is 18.2. The van der Waals surface area contributed by atoms with Crippen LogP contribution >= 0.6 is 0 Å². The SMILES string of the molecule is CCN1CCC(CNCCCNC(=O)OC(C)(C)C)CC1. The topological polar surface area (TPSA) is 53.6 Å². The highest BCUT2D eigenvalue weighted by Crippen LogP contribution is 2.15. The van der Waals surface area contributed by atoms with Crippen molar-refractivity contribution in [2.75, 3.05) is 39.3 Å². The van der Waals surface area contributed by atoms with Crippen LogP contribution in [0.3, 0.4) is 0 Å². The number of nitrogens with one attached hydrogen (secondary N) is 2. The zero-order chi connectivity index (χ0) is 15.7. The molecule has 1 saturated heterocycles. The first-order chi connectivity index (χ1) is 9.90. The Morgan fingerprint density at radius 2 is 1.90 bits per heavy atom. The average Bonchev–Trinajstić information content (AvgIpc) is 2.41. The van der Waals surface area contributed by atoms with Crippen LogP contribution in [0.15, 0.2) is 0 Å². The predicted molar refractivity (Wildman–Crippen MR) is 86.6 cm³/mol. The van der Waals surface area contributed by atoms with Crippen molar-refractivity contribution in [3.05, 3.63) is 0 Å². The van der Waals surface area contributed by atoms with E-state index in [9.17, 15) is 4.79 Å². The highest BCUT2D eigenvalue weighted by Gasteiger charge is 2.17. The molecule has 0 bridgehead atoms. The number of ether oxygens (including phenoxy) is 1. The van der Waals surface area contributed by atoms with Gasteiger partial charge in [-0.05, 0) is 78.7 Å². The molecule has 0 aromatic carbocycles. The molecule has 5 nitrogen and oxygen atoms in total. The maximum Gasteiger partial charge on any atom is 0.407 e. The van der Waals surface area contributed by atoms with Gasteiger partial charge in [0.05, 0.1) is 0 Å². The van der Waals surface area contributed by atoms with Crippen LogP contribution in [0.4, 0.5) is 4.79 Å². The lowest BCUT2D eigenvalue weighted by atomic mass is 9.97. The molecule has 1 amide bonds. The number of hydrogen-bond donors (Lipinski definition) is 2. The van der Waals surface area contributed by atoms with Gasteiger partial charge in [0, 0.05) is 6.54 Å². The minimum Gasteiger partial charge on any atom is -0.444 e. The number of likely N-dealkylation sites (tertiary alicyclic amines) is 1. The third-order valence-corrected chi connectivity index (χ3v) is 3.79. The molecule has 0 atom stereocenters. The summed E-state index contributed by atoms with van der Waals surface area (Å²) < 4.78 is 5.18. The van der Waals surface area contributed by atoms with Crippen molar-refractivity contribution in [2.24, 2.45) is 5.92 Å². The van der Waals surface area contributed by atoms with Gasteiger partial charge in [0.15, 0.2) is 0 Å². The van der Waals surface area contributed by atoms with Crippen molar-refractivity contribution in [2.45, 2.75) is 52.6 Å². The zero-order valence-corrected chi connectivity index (χ0v) is 14.2. The Bertz CT molecular complexity index is 294. The summed E-state index contributed by atoms with van der Waals surface area (Å²) in [5, 5.41) is 6.28. The molecule has 1 rings (SSSR count). The van der Waals surface area contributed by atoms with E-state index in [4.69, 9.17) is 4.74 Å². The molecule has 21 heavy (non-hydrogen) atoms. The Balaban J connectivity index is 1.94. The summed E-state index contributed by atoms with van der Waals surface area (Å²) in [6.07, 6.45) is 3.22. The highest BCUT2D eigenvalue weighted by molar-refractivity contribution is 5.67. The number of nitrogens with zero attached hydrogens (tertiary/aromatic N) is 1. The fourth-order valence-corrected chi connectivity index (χ4v) is 2.53. The summed E-state index contributed by atoms with van der Waals surface area (Å²) in [4.78, 5) is 14.0. The summed E-state index contributed by atoms with van der Waals surface area (Å²) in [5.41, 5.74) is -0.421. The van der Waals surface area contributed by atoms with E-state index in [1.807, 2.05) is 20.8 Å². The van der Waals surface area contributed by atoms with Crippen molar-refractivity contribution in [1.29, 1.82) is 0 Å². The third kappa shape index (κ3) is 8.94. The normalized spacial score (nSPS) is 17.7. The molecule has 5 heteroatoms. The van der Waals surface area contributed by atoms with Gasteiger partial charge in [-0.3, -0.25) is 0 Å². The molecule has 124 valence electrons. The Morgan fingerprint density at radius 3 is 2.48 bits per heavy atom. The summed E-state index contributed by atoms with van der Waals surface area (Å²) in [5.74, 6) is 0.812. The lowest BCUT2D eigenvalue weighted by Crippen LogP contribution is -2.37. The quantitative estimate of drug-likeness (QED) is 0.708. The molecule has 0 unspecified atom stereocenters. The van der Waals surface area contributed by atoms with Gasteiger partial charge >= 0.3 is 6.09 Å². The standard InChI is InChI=1S/C16H33N3O2/c1-5-19-11-7-14(8-12-19)13-17-9-6-10-18-15(20)21-16(2,3)4/h14,17H,5-13H2,1-4H3,(H,18,20). The van der Waals surface area contributed by atoms with Gasteiger partial charge in [-0.15, -0.1) is 0 Å². The minimum atomic E-state index is -0.421. The molecule has 2 N–H and O–H groups in total. The Kier molecular flexibility index (Phi) is 8.04. The molecule has 1 aliphatic rings. The van der Waals surface area contributed by atoms with Crippen LogP contribution in [0.2, 0.25) is 0 Å². The molecule has 0 radical (unpaired) electrons. The molecule has 0 aliphatic carbocycles. The van der Waals surface area contributed by atoms with E-state index < -0.39 is 5.60 Å². The molecule has 0 aromatic heterocycles. The first-order valence-corrected chi connectivity index (χ1v) is 8.30. The van der Waals surface area contributed by atoms with Gasteiger partial charge in [0.25, 0.3) is 0 Å². The molecular weight excluding hydrogens is 266 g/mol. The Labute approximate surface area is 129 Å². The van der Waals surface area contributed by atoms with E-state index in [1.54, 1.807) is 0 Å². The van der Waals surface area contributed by atoms with Gasteiger partial charge < -0.3 is 20.3 Å². The second-order valence-corrected chi connectivity index (χ2v) is 6.86. The molecule has 0 spiro atoms. The molecule has 0 aromatic rings. The van der Waals surface area contributed by atoms with Gasteiger partial charge in [-0.25, -0.2) is 4.79 Å². The van der Waals surface area contributed by atoms with Gasteiger partial charge in [0.2, 0.25) is 0 Å². The number of rotatable bonds is 7. The van der Waals surface area contributed by atoms with Crippen LogP contribution < -0.4 is 10.6 Å². The van der Waals surface area contributed by atoms with Crippen LogP contribution in [-0.2, 0) is 4.74 Å². The van der Waals surface area contributed by atoms with E-state index in [-0.39, 0.29) is 6.09 Å². The second-order valence-electron chi connectivity index (χ2n) is 6.86. The first-order valence-electron chi connectivity index (χ1n) is 8.30. The molecule has 0 saturated carbocycles. The number of hydrogen-bond acceptors (Lipinski definition) is 4. The highest BCUT2D eigenvalue weighted by atomic mass is 16.6. The second kappa shape index (κ2) is 9.26. The summed E-state index contributed by atoms with van der Waals surface area (Å²) >= 11 is 0. The van der Waals surface area contributed by atoms with Crippen molar-refractivity contribution in [1.82, 2.24) is 15.5 Å². The summed E-state index contributed by atoms with van der Waals surface area (Å²) in [6.45, 7) is 14.2. The van der Waals surface area contributed by atoms with Gasteiger partial charge in [-0.1, -0.05) is 6.92 Å². The number of amides is 1. The maximum absolute atomic E-state index is 11.4. The van der Waals surface area contributed by atoms with E-state index in [1.165, 1.54) is 32.5 Å². The molecule has 1 fully saturated rings. The molecule has 1 aliphatic heterocycles. The van der Waals surface area contributed by atoms with Crippen LogP contribution in [0.1, 0.15) is 47.0 Å². The summed E-state index contributed by atoms with van der Waals surface area (Å²) in [6, 6.07) is 0. The van der Waals surface area contributed by atoms with Crippen LogP contribution in [-0.4, -0.2) is 55.9 Å². The number of carbonyl (C=O) groups is 1. The van der Waals surface area contributed by atoms with Gasteiger partial charge in [-0.2, -0.15) is 0 Å². The van der Waals surface area contributed by atoms with Crippen LogP contribution in [0.25, 0.3) is 0 Å². The van der Waals surface area contributed by atoms with Crippen LogP contribution in [0, 0.1) is 5.92 Å². The smallest absolute Gasteiger partial charge is 0.407 e. The maximum atomic E-state index is 11.4. The van der Waals surface area contributed by atoms with Crippen LogP contribution in [0.5, 0.6) is 0 Å². The number of piperidine rings is 1. The van der Waals surface area contributed by atoms with Gasteiger partial charge in [0.1, 0.15) is 5.60 Å². The van der Waals surface area contributed by atoms with E-state index in [0.717, 1.165) is 25.4 Å². The van der Waals surface area contributed by atoms with E-state index >= 15 is 0 Å².